The molecule has 0 saturated heterocycles. The number of pyridine rings is 1. The number of carbonyl (C=O) groups excluding carboxylic acids is 2. The minimum absolute atomic E-state index is 0.216. The van der Waals surface area contributed by atoms with E-state index in [0.717, 1.165) is 19.6 Å². The summed E-state index contributed by atoms with van der Waals surface area (Å²) in [5, 5.41) is 6.05. The van der Waals surface area contributed by atoms with Crippen LogP contribution in [-0.4, -0.2) is 55.0 Å². The summed E-state index contributed by atoms with van der Waals surface area (Å²) in [6.45, 7) is 7.37. The summed E-state index contributed by atoms with van der Waals surface area (Å²) in [7, 11) is 1.49. The van der Waals surface area contributed by atoms with Gasteiger partial charge in [0.25, 0.3) is 11.8 Å². The molecule has 7 nitrogen and oxygen atoms in total. The molecule has 2 aromatic rings. The molecule has 0 atom stereocenters. The maximum Gasteiger partial charge on any atom is 0.257 e. The number of methoxy groups -OCH3 is 1. The lowest BCUT2D eigenvalue weighted by Gasteiger charge is -2.18. The highest BCUT2D eigenvalue weighted by Gasteiger charge is 2.17. The number of hydrogen-bond donors (Lipinski definition) is 2. The van der Waals surface area contributed by atoms with Gasteiger partial charge in [-0.05, 0) is 53.9 Å². The zero-order chi connectivity index (χ0) is 21.4. The van der Waals surface area contributed by atoms with Gasteiger partial charge in [-0.3, -0.25) is 9.59 Å². The molecule has 1 aromatic carbocycles. The number of halogens is 2. The average molecular weight is 531 g/mol. The average Bonchev–Trinajstić information content (AvgIpc) is 2.72. The van der Waals surface area contributed by atoms with Crippen LogP contribution >= 0.6 is 34.2 Å². The van der Waals surface area contributed by atoms with Crippen LogP contribution in [0, 0.1) is 3.57 Å². The summed E-state index contributed by atoms with van der Waals surface area (Å²) in [4.78, 5) is 31.2. The maximum absolute atomic E-state index is 12.6. The zero-order valence-electron chi connectivity index (χ0n) is 16.6. The van der Waals surface area contributed by atoms with Gasteiger partial charge in [0.15, 0.2) is 0 Å². The van der Waals surface area contributed by atoms with E-state index in [-0.39, 0.29) is 11.8 Å². The van der Waals surface area contributed by atoms with Crippen molar-refractivity contribution in [3.05, 3.63) is 50.3 Å². The van der Waals surface area contributed by atoms with Crippen LogP contribution in [-0.2, 0) is 0 Å². The van der Waals surface area contributed by atoms with Crippen molar-refractivity contribution in [2.75, 3.05) is 38.6 Å². The first-order chi connectivity index (χ1) is 13.9. The molecule has 0 bridgehead atoms. The molecule has 1 heterocycles. The van der Waals surface area contributed by atoms with Gasteiger partial charge in [0.2, 0.25) is 0 Å². The maximum atomic E-state index is 12.6. The molecular weight excluding hydrogens is 507 g/mol. The SMILES string of the molecule is CCN(CC)CCNC(=O)c1cc(I)c(NC(=O)c2ccc(Cl)nc2)cc1OC. The van der Waals surface area contributed by atoms with Crippen molar-refractivity contribution in [2.45, 2.75) is 13.8 Å². The van der Waals surface area contributed by atoms with E-state index in [0.29, 0.717) is 37.8 Å². The topological polar surface area (TPSA) is 83.6 Å². The molecule has 156 valence electrons. The van der Waals surface area contributed by atoms with Crippen LogP contribution in [0.5, 0.6) is 5.75 Å². The standard InChI is InChI=1S/C20H24ClIN4O3/c1-4-26(5-2)9-8-23-20(28)14-10-15(22)16(11-17(14)29-3)25-19(27)13-6-7-18(21)24-12-13/h6-7,10-12H,4-5,8-9H2,1-3H3,(H,23,28)(H,25,27). The predicted octanol–water partition coefficient (Wildman–Crippen LogP) is 3.67. The minimum Gasteiger partial charge on any atom is -0.496 e. The summed E-state index contributed by atoms with van der Waals surface area (Å²) in [5.41, 5.74) is 1.34. The second-order valence-corrected chi connectivity index (χ2v) is 7.69. The van der Waals surface area contributed by atoms with Crippen molar-refractivity contribution in [3.8, 4) is 5.75 Å². The lowest BCUT2D eigenvalue weighted by atomic mass is 10.1. The molecule has 0 fully saturated rings. The molecule has 0 aliphatic heterocycles. The number of rotatable bonds is 9. The molecule has 9 heteroatoms. The predicted molar refractivity (Wildman–Crippen MR) is 123 cm³/mol. The quantitative estimate of drug-likeness (QED) is 0.382. The van der Waals surface area contributed by atoms with Gasteiger partial charge in [0.1, 0.15) is 10.9 Å². The molecule has 0 saturated carbocycles. The smallest absolute Gasteiger partial charge is 0.257 e. The highest BCUT2D eigenvalue weighted by atomic mass is 127. The van der Waals surface area contributed by atoms with Crippen molar-refractivity contribution in [1.82, 2.24) is 15.2 Å². The monoisotopic (exact) mass is 530 g/mol. The summed E-state index contributed by atoms with van der Waals surface area (Å²) < 4.78 is 6.09. The fourth-order valence-electron chi connectivity index (χ4n) is 2.66. The number of amides is 2. The van der Waals surface area contributed by atoms with E-state index in [2.05, 4.69) is 57.0 Å². The van der Waals surface area contributed by atoms with Crippen molar-refractivity contribution < 1.29 is 14.3 Å². The number of likely N-dealkylation sites (N-methyl/N-ethyl adjacent to an activating group) is 1. The molecule has 2 rings (SSSR count). The number of benzene rings is 1. The molecule has 2 N–H and O–H groups in total. The molecule has 1 aromatic heterocycles. The van der Waals surface area contributed by atoms with Gasteiger partial charge in [-0.15, -0.1) is 0 Å². The van der Waals surface area contributed by atoms with Crippen LogP contribution in [0.1, 0.15) is 34.6 Å². The fraction of sp³-hybridized carbons (Fsp3) is 0.350. The Bertz CT molecular complexity index is 858. The Morgan fingerprint density at radius 2 is 1.93 bits per heavy atom. The highest BCUT2D eigenvalue weighted by Crippen LogP contribution is 2.29. The van der Waals surface area contributed by atoms with Crippen LogP contribution in [0.15, 0.2) is 30.5 Å². The van der Waals surface area contributed by atoms with E-state index in [1.165, 1.54) is 13.3 Å². The van der Waals surface area contributed by atoms with Gasteiger partial charge < -0.3 is 20.3 Å². The molecule has 0 radical (unpaired) electrons. The first-order valence-corrected chi connectivity index (χ1v) is 10.7. The van der Waals surface area contributed by atoms with Crippen molar-refractivity contribution in [1.29, 1.82) is 0 Å². The minimum atomic E-state index is -0.328. The second-order valence-electron chi connectivity index (χ2n) is 6.14. The summed E-state index contributed by atoms with van der Waals surface area (Å²) in [6, 6.07) is 6.48. The van der Waals surface area contributed by atoms with Gasteiger partial charge >= 0.3 is 0 Å². The van der Waals surface area contributed by atoms with Crippen LogP contribution in [0.2, 0.25) is 5.15 Å². The summed E-state index contributed by atoms with van der Waals surface area (Å²) >= 11 is 7.83. The van der Waals surface area contributed by atoms with Gasteiger partial charge in [0.05, 0.1) is 23.9 Å². The van der Waals surface area contributed by atoms with Crippen molar-refractivity contribution >= 4 is 51.7 Å². The number of aromatic nitrogens is 1. The third-order valence-corrected chi connectivity index (χ3v) is 5.50. The van der Waals surface area contributed by atoms with E-state index >= 15 is 0 Å². The number of anilines is 1. The fourth-order valence-corrected chi connectivity index (χ4v) is 3.38. The Morgan fingerprint density at radius 1 is 1.21 bits per heavy atom. The number of nitrogens with zero attached hydrogens (tertiary/aromatic N) is 2. The zero-order valence-corrected chi connectivity index (χ0v) is 19.5. The molecule has 29 heavy (non-hydrogen) atoms. The van der Waals surface area contributed by atoms with Crippen LogP contribution in [0.3, 0.4) is 0 Å². The van der Waals surface area contributed by atoms with Crippen LogP contribution in [0.25, 0.3) is 0 Å². The van der Waals surface area contributed by atoms with E-state index in [1.807, 2.05) is 0 Å². The highest BCUT2D eigenvalue weighted by molar-refractivity contribution is 14.1. The van der Waals surface area contributed by atoms with Crippen molar-refractivity contribution in [3.63, 3.8) is 0 Å². The molecule has 0 aliphatic rings. The van der Waals surface area contributed by atoms with Crippen LogP contribution < -0.4 is 15.4 Å². The summed E-state index contributed by atoms with van der Waals surface area (Å²) in [6.07, 6.45) is 1.40. The van der Waals surface area contributed by atoms with E-state index in [9.17, 15) is 9.59 Å². The number of carbonyl (C=O) groups is 2. The van der Waals surface area contributed by atoms with E-state index in [1.54, 1.807) is 24.3 Å². The largest absolute Gasteiger partial charge is 0.496 e. The van der Waals surface area contributed by atoms with E-state index in [4.69, 9.17) is 16.3 Å². The number of hydrogen-bond acceptors (Lipinski definition) is 5. The Labute approximate surface area is 189 Å². The van der Waals surface area contributed by atoms with Gasteiger partial charge in [0, 0.05) is 28.9 Å². The second kappa shape index (κ2) is 11.3. The van der Waals surface area contributed by atoms with Crippen LogP contribution in [0.4, 0.5) is 5.69 Å². The summed E-state index contributed by atoms with van der Waals surface area (Å²) in [5.74, 6) is -0.160. The Kier molecular flexibility index (Phi) is 9.12. The lowest BCUT2D eigenvalue weighted by molar-refractivity contribution is 0.0945. The molecule has 0 unspecified atom stereocenters. The number of ether oxygens (including phenoxy) is 1. The Morgan fingerprint density at radius 3 is 2.52 bits per heavy atom. The molecule has 0 spiro atoms. The van der Waals surface area contributed by atoms with E-state index < -0.39 is 0 Å². The first-order valence-electron chi connectivity index (χ1n) is 9.20. The molecule has 2 amide bonds. The third-order valence-electron chi connectivity index (χ3n) is 4.38. The normalized spacial score (nSPS) is 10.7. The third kappa shape index (κ3) is 6.55. The van der Waals surface area contributed by atoms with Gasteiger partial charge in [-0.25, -0.2) is 4.98 Å². The molecule has 0 aliphatic carbocycles. The lowest BCUT2D eigenvalue weighted by Crippen LogP contribution is -2.35. The first kappa shape index (κ1) is 23.4. The number of nitrogens with one attached hydrogen (secondary N) is 2. The Balaban J connectivity index is 2.12. The van der Waals surface area contributed by atoms with Gasteiger partial charge in [-0.1, -0.05) is 25.4 Å². The van der Waals surface area contributed by atoms with Gasteiger partial charge in [-0.2, -0.15) is 0 Å². The van der Waals surface area contributed by atoms with Crippen molar-refractivity contribution in [2.24, 2.45) is 0 Å². The molecular formula is C20H24ClIN4O3. The Hall–Kier alpha value is -1.91.